The predicted octanol–water partition coefficient (Wildman–Crippen LogP) is -0.343. The third kappa shape index (κ3) is 6.04. The summed E-state index contributed by atoms with van der Waals surface area (Å²) in [6.45, 7) is 4.31. The minimum Gasteiger partial charge on any atom is -0.481 e. The number of aliphatic hydroxyl groups is 1. The number of carboxylic acid groups (broad SMARTS) is 2. The van der Waals surface area contributed by atoms with Gasteiger partial charge in [-0.15, -0.1) is 0 Å². The van der Waals surface area contributed by atoms with Crippen molar-refractivity contribution in [2.24, 2.45) is 5.92 Å². The lowest BCUT2D eigenvalue weighted by Gasteiger charge is -2.21. The summed E-state index contributed by atoms with van der Waals surface area (Å²) in [4.78, 5) is 32.4. The third-order valence-electron chi connectivity index (χ3n) is 1.82. The molecule has 0 rings (SSSR count). The standard InChI is InChI=1S/C10H17NO7/c1-10(2,3)18-9(17)11-4-5(7(13)14)6(12)8(15)16/h5-6,12H,4H2,1-3H3,(H,11,17)(H,13,14)(H,15,16)/t5-,6+/m0/s1. The number of hydrogen-bond acceptors (Lipinski definition) is 5. The minimum absolute atomic E-state index is 0.544. The van der Waals surface area contributed by atoms with Gasteiger partial charge in [0, 0.05) is 6.54 Å². The predicted molar refractivity (Wildman–Crippen MR) is 59.0 cm³/mol. The molecule has 0 aromatic rings. The smallest absolute Gasteiger partial charge is 0.407 e. The molecule has 18 heavy (non-hydrogen) atoms. The van der Waals surface area contributed by atoms with Crippen molar-refractivity contribution in [2.75, 3.05) is 6.54 Å². The minimum atomic E-state index is -2.10. The lowest BCUT2D eigenvalue weighted by molar-refractivity contribution is -0.159. The first-order chi connectivity index (χ1) is 8.04. The third-order valence-corrected chi connectivity index (χ3v) is 1.82. The number of aliphatic carboxylic acids is 2. The molecule has 0 fully saturated rings. The Kier molecular flexibility index (Phi) is 5.57. The van der Waals surface area contributed by atoms with Gasteiger partial charge < -0.3 is 25.4 Å². The van der Waals surface area contributed by atoms with Crippen LogP contribution in [0.3, 0.4) is 0 Å². The number of alkyl carbamates (subject to hydrolysis) is 1. The van der Waals surface area contributed by atoms with Crippen molar-refractivity contribution >= 4 is 18.0 Å². The lowest BCUT2D eigenvalue weighted by Crippen LogP contribution is -2.44. The maximum atomic E-state index is 11.2. The lowest BCUT2D eigenvalue weighted by atomic mass is 10.0. The summed E-state index contributed by atoms with van der Waals surface area (Å²) in [5.41, 5.74) is -0.756. The zero-order valence-electron chi connectivity index (χ0n) is 10.3. The van der Waals surface area contributed by atoms with E-state index in [0.29, 0.717) is 0 Å². The highest BCUT2D eigenvalue weighted by Gasteiger charge is 2.32. The first kappa shape index (κ1) is 16.2. The van der Waals surface area contributed by atoms with E-state index in [-0.39, 0.29) is 0 Å². The van der Waals surface area contributed by atoms with Crippen molar-refractivity contribution in [1.29, 1.82) is 0 Å². The second-order valence-corrected chi connectivity index (χ2v) is 4.61. The Balaban J connectivity index is 4.42. The van der Waals surface area contributed by atoms with Gasteiger partial charge in [0.1, 0.15) is 11.5 Å². The van der Waals surface area contributed by atoms with Crippen LogP contribution in [-0.2, 0) is 14.3 Å². The maximum absolute atomic E-state index is 11.2. The molecule has 4 N–H and O–H groups in total. The van der Waals surface area contributed by atoms with Crippen LogP contribution >= 0.6 is 0 Å². The summed E-state index contributed by atoms with van der Waals surface area (Å²) in [5.74, 6) is -4.84. The van der Waals surface area contributed by atoms with Crippen LogP contribution in [0.5, 0.6) is 0 Å². The quantitative estimate of drug-likeness (QED) is 0.533. The van der Waals surface area contributed by atoms with Crippen LogP contribution in [0.25, 0.3) is 0 Å². The van der Waals surface area contributed by atoms with Crippen LogP contribution in [-0.4, -0.2) is 51.6 Å². The molecule has 0 spiro atoms. The molecule has 8 heteroatoms. The maximum Gasteiger partial charge on any atom is 0.407 e. The van der Waals surface area contributed by atoms with Gasteiger partial charge in [-0.25, -0.2) is 9.59 Å². The van der Waals surface area contributed by atoms with Gasteiger partial charge in [-0.2, -0.15) is 0 Å². The average Bonchev–Trinajstić information content (AvgIpc) is 2.13. The molecule has 0 aromatic heterocycles. The van der Waals surface area contributed by atoms with E-state index in [2.05, 4.69) is 5.32 Å². The molecule has 0 radical (unpaired) electrons. The fourth-order valence-electron chi connectivity index (χ4n) is 1.01. The van der Waals surface area contributed by atoms with Crippen molar-refractivity contribution in [1.82, 2.24) is 5.32 Å². The fourth-order valence-corrected chi connectivity index (χ4v) is 1.01. The SMILES string of the molecule is CC(C)(C)OC(=O)NC[C@H](C(=O)O)[C@@H](O)C(=O)O. The molecular formula is C10H17NO7. The van der Waals surface area contributed by atoms with Crippen LogP contribution in [0, 0.1) is 5.92 Å². The first-order valence-corrected chi connectivity index (χ1v) is 5.15. The summed E-state index contributed by atoms with van der Waals surface area (Å²) in [5, 5.41) is 28.4. The topological polar surface area (TPSA) is 133 Å². The van der Waals surface area contributed by atoms with Gasteiger partial charge in [-0.1, -0.05) is 0 Å². The number of rotatable bonds is 5. The second-order valence-electron chi connectivity index (χ2n) is 4.61. The Morgan fingerprint density at radius 3 is 2.00 bits per heavy atom. The number of amides is 1. The molecule has 0 heterocycles. The molecule has 0 saturated heterocycles. The molecule has 0 unspecified atom stereocenters. The highest BCUT2D eigenvalue weighted by molar-refractivity contribution is 5.82. The Hall–Kier alpha value is -1.83. The van der Waals surface area contributed by atoms with Crippen molar-refractivity contribution in [3.05, 3.63) is 0 Å². The first-order valence-electron chi connectivity index (χ1n) is 5.15. The molecule has 0 aliphatic rings. The summed E-state index contributed by atoms with van der Waals surface area (Å²) >= 11 is 0. The van der Waals surface area contributed by atoms with Gasteiger partial charge >= 0.3 is 18.0 Å². The molecule has 0 aromatic carbocycles. The van der Waals surface area contributed by atoms with Crippen molar-refractivity contribution in [2.45, 2.75) is 32.5 Å². The summed E-state index contributed by atoms with van der Waals surface area (Å²) in [7, 11) is 0. The Bertz CT molecular complexity index is 334. The van der Waals surface area contributed by atoms with Crippen molar-refractivity contribution in [3.8, 4) is 0 Å². The molecular weight excluding hydrogens is 246 g/mol. The fraction of sp³-hybridized carbons (Fsp3) is 0.700. The molecule has 0 aliphatic carbocycles. The van der Waals surface area contributed by atoms with Crippen molar-refractivity contribution < 1.29 is 34.4 Å². The normalized spacial score (nSPS) is 14.4. The van der Waals surface area contributed by atoms with E-state index < -0.39 is 42.2 Å². The molecule has 2 atom stereocenters. The van der Waals surface area contributed by atoms with Gasteiger partial charge in [-0.3, -0.25) is 4.79 Å². The largest absolute Gasteiger partial charge is 0.481 e. The van der Waals surface area contributed by atoms with Gasteiger partial charge in [0.2, 0.25) is 0 Å². The van der Waals surface area contributed by atoms with Crippen LogP contribution in [0.2, 0.25) is 0 Å². The Labute approximate surface area is 104 Å². The zero-order valence-corrected chi connectivity index (χ0v) is 10.3. The van der Waals surface area contributed by atoms with Gasteiger partial charge in [0.05, 0.1) is 0 Å². The van der Waals surface area contributed by atoms with E-state index in [4.69, 9.17) is 20.1 Å². The number of carbonyl (C=O) groups excluding carboxylic acids is 1. The molecule has 1 amide bonds. The van der Waals surface area contributed by atoms with E-state index in [1.54, 1.807) is 20.8 Å². The van der Waals surface area contributed by atoms with Crippen LogP contribution in [0.4, 0.5) is 4.79 Å². The van der Waals surface area contributed by atoms with Gasteiger partial charge in [0.15, 0.2) is 6.10 Å². The molecule has 0 bridgehead atoms. The van der Waals surface area contributed by atoms with Crippen LogP contribution in [0.1, 0.15) is 20.8 Å². The number of carboxylic acids is 2. The van der Waals surface area contributed by atoms with Gasteiger partial charge in [-0.05, 0) is 20.8 Å². The molecule has 8 nitrogen and oxygen atoms in total. The van der Waals surface area contributed by atoms with Crippen LogP contribution < -0.4 is 5.32 Å². The molecule has 0 saturated carbocycles. The molecule has 0 aliphatic heterocycles. The van der Waals surface area contributed by atoms with E-state index in [1.165, 1.54) is 0 Å². The van der Waals surface area contributed by atoms with E-state index in [1.807, 2.05) is 0 Å². The number of carbonyl (C=O) groups is 3. The number of hydrogen-bond donors (Lipinski definition) is 4. The Morgan fingerprint density at radius 1 is 1.17 bits per heavy atom. The summed E-state index contributed by atoms with van der Waals surface area (Å²) in [6.07, 6.45) is -2.98. The van der Waals surface area contributed by atoms with E-state index in [0.717, 1.165) is 0 Å². The monoisotopic (exact) mass is 263 g/mol. The second kappa shape index (κ2) is 6.20. The number of aliphatic hydroxyl groups excluding tert-OH is 1. The highest BCUT2D eigenvalue weighted by Crippen LogP contribution is 2.08. The average molecular weight is 263 g/mol. The number of nitrogens with one attached hydrogen (secondary N) is 1. The van der Waals surface area contributed by atoms with Gasteiger partial charge in [0.25, 0.3) is 0 Å². The van der Waals surface area contributed by atoms with Crippen molar-refractivity contribution in [3.63, 3.8) is 0 Å². The van der Waals surface area contributed by atoms with Crippen LogP contribution in [0.15, 0.2) is 0 Å². The highest BCUT2D eigenvalue weighted by atomic mass is 16.6. The Morgan fingerprint density at radius 2 is 1.67 bits per heavy atom. The zero-order chi connectivity index (χ0) is 14.5. The summed E-state index contributed by atoms with van der Waals surface area (Å²) < 4.78 is 4.84. The number of ether oxygens (including phenoxy) is 1. The van der Waals surface area contributed by atoms with E-state index in [9.17, 15) is 14.4 Å². The summed E-state index contributed by atoms with van der Waals surface area (Å²) in [6, 6.07) is 0. The van der Waals surface area contributed by atoms with E-state index >= 15 is 0 Å². The molecule has 104 valence electrons.